The van der Waals surface area contributed by atoms with E-state index in [1.54, 1.807) is 0 Å². The van der Waals surface area contributed by atoms with Crippen LogP contribution in [-0.4, -0.2) is 62.1 Å². The number of piperazine rings is 1. The Morgan fingerprint density at radius 3 is 2.43 bits per heavy atom. The van der Waals surface area contributed by atoms with Crippen molar-refractivity contribution < 1.29 is 4.79 Å². The van der Waals surface area contributed by atoms with Gasteiger partial charge < -0.3 is 20.0 Å². The van der Waals surface area contributed by atoms with Crippen molar-refractivity contribution in [3.8, 4) is 0 Å². The van der Waals surface area contributed by atoms with Crippen LogP contribution in [0.3, 0.4) is 0 Å². The van der Waals surface area contributed by atoms with E-state index in [9.17, 15) is 4.79 Å². The lowest BCUT2D eigenvalue weighted by atomic mass is 10.2. The average Bonchev–Trinajstić information content (AvgIpc) is 2.72. The number of carbonyl (C=O) groups excluding carboxylic acids is 1. The third-order valence-corrected chi connectivity index (χ3v) is 5.37. The van der Waals surface area contributed by atoms with Crippen LogP contribution in [0.4, 0.5) is 10.5 Å². The number of nitrogens with one attached hydrogen (secondary N) is 1. The van der Waals surface area contributed by atoms with E-state index in [1.165, 1.54) is 5.56 Å². The molecule has 3 rings (SSSR count). The molecule has 1 N–H and O–H groups in total. The van der Waals surface area contributed by atoms with Crippen molar-refractivity contribution in [2.45, 2.75) is 13.0 Å². The number of amides is 2. The first-order valence-corrected chi connectivity index (χ1v) is 10.3. The molecule has 2 amide bonds. The van der Waals surface area contributed by atoms with Crippen molar-refractivity contribution in [3.63, 3.8) is 0 Å². The van der Waals surface area contributed by atoms with E-state index in [0.717, 1.165) is 43.3 Å². The number of nitrogens with zero attached hydrogens (tertiary/aromatic N) is 3. The molecular formula is C22H29ClN4O. The fourth-order valence-corrected chi connectivity index (χ4v) is 3.74. The lowest BCUT2D eigenvalue weighted by molar-refractivity contribution is 0.193. The van der Waals surface area contributed by atoms with Gasteiger partial charge in [-0.05, 0) is 37.7 Å². The van der Waals surface area contributed by atoms with Crippen LogP contribution < -0.4 is 10.2 Å². The van der Waals surface area contributed by atoms with Crippen LogP contribution in [0, 0.1) is 0 Å². The molecule has 0 unspecified atom stereocenters. The van der Waals surface area contributed by atoms with E-state index in [-0.39, 0.29) is 6.03 Å². The summed E-state index contributed by atoms with van der Waals surface area (Å²) in [6, 6.07) is 18.3. The van der Waals surface area contributed by atoms with Gasteiger partial charge in [0.2, 0.25) is 0 Å². The number of urea groups is 1. The van der Waals surface area contributed by atoms with E-state index >= 15 is 0 Å². The summed E-state index contributed by atoms with van der Waals surface area (Å²) in [6.45, 7) is 5.61. The maximum absolute atomic E-state index is 12.4. The van der Waals surface area contributed by atoms with Crippen molar-refractivity contribution >= 4 is 23.3 Å². The Labute approximate surface area is 172 Å². The molecule has 0 aromatic heterocycles. The third-order valence-electron chi connectivity index (χ3n) is 5.05. The number of anilines is 1. The second kappa shape index (κ2) is 10.3. The molecule has 150 valence electrons. The molecule has 2 aromatic rings. The van der Waals surface area contributed by atoms with Gasteiger partial charge in [0.1, 0.15) is 0 Å². The van der Waals surface area contributed by atoms with Gasteiger partial charge in [0.05, 0.1) is 10.7 Å². The summed E-state index contributed by atoms with van der Waals surface area (Å²) in [7, 11) is 2.11. The minimum Gasteiger partial charge on any atom is -0.367 e. The Morgan fingerprint density at radius 1 is 1.04 bits per heavy atom. The zero-order chi connectivity index (χ0) is 19.8. The number of carbonyl (C=O) groups is 1. The van der Waals surface area contributed by atoms with Gasteiger partial charge in [0, 0.05) is 39.3 Å². The summed E-state index contributed by atoms with van der Waals surface area (Å²) in [5.41, 5.74) is 2.36. The summed E-state index contributed by atoms with van der Waals surface area (Å²) >= 11 is 6.28. The summed E-state index contributed by atoms with van der Waals surface area (Å²) in [5, 5.41) is 3.82. The molecule has 0 aliphatic carbocycles. The first-order chi connectivity index (χ1) is 13.6. The number of hydrogen-bond acceptors (Lipinski definition) is 3. The number of para-hydroxylation sites is 1. The van der Waals surface area contributed by atoms with Crippen molar-refractivity contribution in [1.29, 1.82) is 0 Å². The zero-order valence-electron chi connectivity index (χ0n) is 16.5. The van der Waals surface area contributed by atoms with Crippen molar-refractivity contribution in [1.82, 2.24) is 15.1 Å². The standard InChI is InChI=1S/C22H29ClN4O/c1-25(18-19-8-3-2-4-9-19)13-7-12-24-22(28)27-16-14-26(15-17-27)21-11-6-5-10-20(21)23/h2-6,8-11H,7,12-18H2,1H3,(H,24,28). The van der Waals surface area contributed by atoms with Crippen LogP contribution in [-0.2, 0) is 6.54 Å². The lowest BCUT2D eigenvalue weighted by Gasteiger charge is -2.36. The van der Waals surface area contributed by atoms with E-state index in [2.05, 4.69) is 46.4 Å². The highest BCUT2D eigenvalue weighted by Crippen LogP contribution is 2.25. The zero-order valence-corrected chi connectivity index (χ0v) is 17.2. The highest BCUT2D eigenvalue weighted by Gasteiger charge is 2.21. The molecule has 1 fully saturated rings. The van der Waals surface area contributed by atoms with Crippen LogP contribution >= 0.6 is 11.6 Å². The van der Waals surface area contributed by atoms with Gasteiger partial charge in [-0.2, -0.15) is 0 Å². The fraction of sp³-hybridized carbons (Fsp3) is 0.409. The van der Waals surface area contributed by atoms with Crippen LogP contribution in [0.5, 0.6) is 0 Å². The smallest absolute Gasteiger partial charge is 0.317 e. The Hall–Kier alpha value is -2.24. The van der Waals surface area contributed by atoms with Gasteiger partial charge in [0.25, 0.3) is 0 Å². The van der Waals surface area contributed by atoms with Gasteiger partial charge in [-0.15, -0.1) is 0 Å². The minimum atomic E-state index is 0.0320. The largest absolute Gasteiger partial charge is 0.367 e. The molecule has 6 heteroatoms. The average molecular weight is 401 g/mol. The molecular weight excluding hydrogens is 372 g/mol. The topological polar surface area (TPSA) is 38.8 Å². The maximum Gasteiger partial charge on any atom is 0.317 e. The highest BCUT2D eigenvalue weighted by atomic mass is 35.5. The molecule has 1 saturated heterocycles. The van der Waals surface area contributed by atoms with Gasteiger partial charge in [0.15, 0.2) is 0 Å². The van der Waals surface area contributed by atoms with Crippen molar-refractivity contribution in [2.75, 3.05) is 51.2 Å². The molecule has 2 aromatic carbocycles. The van der Waals surface area contributed by atoms with E-state index in [0.29, 0.717) is 19.6 Å². The maximum atomic E-state index is 12.4. The summed E-state index contributed by atoms with van der Waals surface area (Å²) in [6.07, 6.45) is 0.939. The molecule has 1 aliphatic rings. The normalized spacial score (nSPS) is 14.4. The molecule has 1 aliphatic heterocycles. The third kappa shape index (κ3) is 5.88. The van der Waals surface area contributed by atoms with Gasteiger partial charge in [-0.1, -0.05) is 54.1 Å². The minimum absolute atomic E-state index is 0.0320. The van der Waals surface area contributed by atoms with Crippen LogP contribution in [0.2, 0.25) is 5.02 Å². The molecule has 5 nitrogen and oxygen atoms in total. The Morgan fingerprint density at radius 2 is 1.71 bits per heavy atom. The van der Waals surface area contributed by atoms with E-state index in [1.807, 2.05) is 35.2 Å². The quantitative estimate of drug-likeness (QED) is 0.720. The first-order valence-electron chi connectivity index (χ1n) is 9.88. The Balaban J connectivity index is 1.33. The second-order valence-electron chi connectivity index (χ2n) is 7.23. The molecule has 0 spiro atoms. The molecule has 0 bridgehead atoms. The lowest BCUT2D eigenvalue weighted by Crippen LogP contribution is -2.52. The van der Waals surface area contributed by atoms with Gasteiger partial charge in [-0.3, -0.25) is 0 Å². The van der Waals surface area contributed by atoms with Gasteiger partial charge >= 0.3 is 6.03 Å². The van der Waals surface area contributed by atoms with Crippen LogP contribution in [0.1, 0.15) is 12.0 Å². The predicted molar refractivity (Wildman–Crippen MR) is 116 cm³/mol. The Bertz CT molecular complexity index is 747. The Kier molecular flexibility index (Phi) is 7.57. The predicted octanol–water partition coefficient (Wildman–Crippen LogP) is 3.69. The molecule has 28 heavy (non-hydrogen) atoms. The van der Waals surface area contributed by atoms with Gasteiger partial charge in [-0.25, -0.2) is 4.79 Å². The number of rotatable bonds is 7. The van der Waals surface area contributed by atoms with E-state index in [4.69, 9.17) is 11.6 Å². The summed E-state index contributed by atoms with van der Waals surface area (Å²) in [4.78, 5) is 18.8. The number of halogens is 1. The monoisotopic (exact) mass is 400 g/mol. The highest BCUT2D eigenvalue weighted by molar-refractivity contribution is 6.33. The van der Waals surface area contributed by atoms with E-state index < -0.39 is 0 Å². The molecule has 0 radical (unpaired) electrons. The summed E-state index contributed by atoms with van der Waals surface area (Å²) < 4.78 is 0. The van der Waals surface area contributed by atoms with Crippen LogP contribution in [0.25, 0.3) is 0 Å². The second-order valence-corrected chi connectivity index (χ2v) is 7.64. The fourth-order valence-electron chi connectivity index (χ4n) is 3.49. The SMILES string of the molecule is CN(CCCNC(=O)N1CCN(c2ccccc2Cl)CC1)Cc1ccccc1. The molecule has 0 atom stereocenters. The number of benzene rings is 2. The number of hydrogen-bond donors (Lipinski definition) is 1. The first kappa shape index (κ1) is 20.5. The summed E-state index contributed by atoms with van der Waals surface area (Å²) in [5.74, 6) is 0. The van der Waals surface area contributed by atoms with Crippen LogP contribution in [0.15, 0.2) is 54.6 Å². The van der Waals surface area contributed by atoms with Crippen molar-refractivity contribution in [3.05, 3.63) is 65.2 Å². The van der Waals surface area contributed by atoms with Crippen molar-refractivity contribution in [2.24, 2.45) is 0 Å². The molecule has 0 saturated carbocycles. The molecule has 1 heterocycles.